The molecule has 0 saturated heterocycles. The van der Waals surface area contributed by atoms with E-state index in [9.17, 15) is 19.8 Å². The van der Waals surface area contributed by atoms with Gasteiger partial charge in [0.15, 0.2) is 0 Å². The van der Waals surface area contributed by atoms with Gasteiger partial charge in [0.1, 0.15) is 6.10 Å². The standard InChI is InChI=1S/C13H16O6/c1-2-19-11(15)7-10(14)12(16)8-5-3-4-6-9(8)13(17)18/h3-6,10,12,14,16H,2,7H2,1H3,(H,17,18). The van der Waals surface area contributed by atoms with Gasteiger partial charge in [0.05, 0.1) is 24.7 Å². The summed E-state index contributed by atoms with van der Waals surface area (Å²) < 4.78 is 4.65. The van der Waals surface area contributed by atoms with Crippen molar-refractivity contribution in [1.82, 2.24) is 0 Å². The third-order valence-electron chi connectivity index (χ3n) is 2.56. The monoisotopic (exact) mass is 268 g/mol. The Hall–Kier alpha value is -1.92. The highest BCUT2D eigenvalue weighted by molar-refractivity contribution is 5.89. The second-order valence-corrected chi connectivity index (χ2v) is 3.91. The molecule has 19 heavy (non-hydrogen) atoms. The third-order valence-corrected chi connectivity index (χ3v) is 2.56. The van der Waals surface area contributed by atoms with Gasteiger partial charge in [0, 0.05) is 0 Å². The Labute approximate surface area is 110 Å². The first-order chi connectivity index (χ1) is 8.97. The summed E-state index contributed by atoms with van der Waals surface area (Å²) in [5.74, 6) is -1.86. The van der Waals surface area contributed by atoms with Gasteiger partial charge in [-0.3, -0.25) is 4.79 Å². The van der Waals surface area contributed by atoms with Crippen LogP contribution in [0, 0.1) is 0 Å². The molecule has 1 rings (SSSR count). The Morgan fingerprint density at radius 3 is 2.47 bits per heavy atom. The van der Waals surface area contributed by atoms with Crippen molar-refractivity contribution in [2.75, 3.05) is 6.61 Å². The maximum atomic E-state index is 11.2. The number of aliphatic hydroxyl groups is 2. The molecule has 3 N–H and O–H groups in total. The molecule has 6 nitrogen and oxygen atoms in total. The maximum Gasteiger partial charge on any atom is 0.336 e. The van der Waals surface area contributed by atoms with Crippen LogP contribution in [0.4, 0.5) is 0 Å². The lowest BCUT2D eigenvalue weighted by molar-refractivity contribution is -0.147. The molecule has 0 aliphatic carbocycles. The van der Waals surface area contributed by atoms with Crippen LogP contribution in [0.15, 0.2) is 24.3 Å². The maximum absolute atomic E-state index is 11.2. The number of hydrogen-bond acceptors (Lipinski definition) is 5. The Kier molecular flexibility index (Phi) is 5.47. The summed E-state index contributed by atoms with van der Waals surface area (Å²) in [6.07, 6.45) is -3.28. The van der Waals surface area contributed by atoms with Crippen molar-refractivity contribution in [1.29, 1.82) is 0 Å². The van der Waals surface area contributed by atoms with Gasteiger partial charge in [-0.05, 0) is 18.6 Å². The van der Waals surface area contributed by atoms with E-state index in [4.69, 9.17) is 5.11 Å². The molecule has 0 heterocycles. The number of rotatable bonds is 6. The number of aromatic carboxylic acids is 1. The van der Waals surface area contributed by atoms with E-state index in [-0.39, 0.29) is 17.7 Å². The van der Waals surface area contributed by atoms with E-state index in [1.165, 1.54) is 18.2 Å². The number of aliphatic hydroxyl groups excluding tert-OH is 2. The summed E-state index contributed by atoms with van der Waals surface area (Å²) in [5.41, 5.74) is -0.0512. The number of carbonyl (C=O) groups is 2. The molecule has 1 aromatic rings. The Morgan fingerprint density at radius 2 is 1.89 bits per heavy atom. The summed E-state index contributed by atoms with van der Waals surface area (Å²) in [6, 6.07) is 5.76. The second-order valence-electron chi connectivity index (χ2n) is 3.91. The normalized spacial score (nSPS) is 13.6. The number of esters is 1. The van der Waals surface area contributed by atoms with E-state index >= 15 is 0 Å². The van der Waals surface area contributed by atoms with Crippen LogP contribution in [0.2, 0.25) is 0 Å². The zero-order valence-electron chi connectivity index (χ0n) is 10.4. The van der Waals surface area contributed by atoms with Gasteiger partial charge in [-0.25, -0.2) is 4.79 Å². The predicted molar refractivity (Wildman–Crippen MR) is 65.6 cm³/mol. The fraction of sp³-hybridized carbons (Fsp3) is 0.385. The zero-order chi connectivity index (χ0) is 14.4. The van der Waals surface area contributed by atoms with Crippen molar-refractivity contribution in [3.05, 3.63) is 35.4 Å². The molecule has 0 saturated carbocycles. The summed E-state index contributed by atoms with van der Waals surface area (Å²) in [6.45, 7) is 1.80. The quantitative estimate of drug-likeness (QED) is 0.657. The second kappa shape index (κ2) is 6.86. The van der Waals surface area contributed by atoms with Crippen molar-refractivity contribution >= 4 is 11.9 Å². The van der Waals surface area contributed by atoms with Gasteiger partial charge in [-0.1, -0.05) is 18.2 Å². The molecule has 6 heteroatoms. The Bertz CT molecular complexity index is 456. The lowest BCUT2D eigenvalue weighted by atomic mass is 9.97. The average Bonchev–Trinajstić information content (AvgIpc) is 2.37. The van der Waals surface area contributed by atoms with Crippen LogP contribution in [0.3, 0.4) is 0 Å². The largest absolute Gasteiger partial charge is 0.478 e. The Morgan fingerprint density at radius 1 is 1.26 bits per heavy atom. The van der Waals surface area contributed by atoms with Crippen LogP contribution in [0.5, 0.6) is 0 Å². The summed E-state index contributed by atoms with van der Waals surface area (Å²) in [4.78, 5) is 22.2. The minimum atomic E-state index is -1.46. The fourth-order valence-electron chi connectivity index (χ4n) is 1.66. The molecule has 0 spiro atoms. The molecule has 0 aliphatic heterocycles. The van der Waals surface area contributed by atoms with Crippen molar-refractivity contribution < 1.29 is 29.6 Å². The van der Waals surface area contributed by atoms with Gasteiger partial charge < -0.3 is 20.1 Å². The number of carbonyl (C=O) groups excluding carboxylic acids is 1. The number of hydrogen-bond donors (Lipinski definition) is 3. The lowest BCUT2D eigenvalue weighted by Crippen LogP contribution is -2.24. The summed E-state index contributed by atoms with van der Waals surface area (Å²) in [5, 5.41) is 28.6. The van der Waals surface area contributed by atoms with Crippen molar-refractivity contribution in [3.63, 3.8) is 0 Å². The van der Waals surface area contributed by atoms with Gasteiger partial charge >= 0.3 is 11.9 Å². The average molecular weight is 268 g/mol. The fourth-order valence-corrected chi connectivity index (χ4v) is 1.66. The van der Waals surface area contributed by atoms with Crippen LogP contribution in [-0.2, 0) is 9.53 Å². The first-order valence-corrected chi connectivity index (χ1v) is 5.81. The summed E-state index contributed by atoms with van der Waals surface area (Å²) in [7, 11) is 0. The molecule has 2 unspecified atom stereocenters. The van der Waals surface area contributed by atoms with Crippen molar-refractivity contribution in [3.8, 4) is 0 Å². The minimum Gasteiger partial charge on any atom is -0.478 e. The molecule has 0 aromatic heterocycles. The molecular formula is C13H16O6. The first kappa shape index (κ1) is 15.1. The lowest BCUT2D eigenvalue weighted by Gasteiger charge is -2.18. The van der Waals surface area contributed by atoms with Gasteiger partial charge in [-0.2, -0.15) is 0 Å². The van der Waals surface area contributed by atoms with Crippen LogP contribution >= 0.6 is 0 Å². The highest BCUT2D eigenvalue weighted by atomic mass is 16.5. The third kappa shape index (κ3) is 4.04. The molecule has 0 amide bonds. The van der Waals surface area contributed by atoms with E-state index in [2.05, 4.69) is 4.74 Å². The van der Waals surface area contributed by atoms with E-state index < -0.39 is 30.6 Å². The van der Waals surface area contributed by atoms with E-state index in [0.717, 1.165) is 0 Å². The van der Waals surface area contributed by atoms with Crippen molar-refractivity contribution in [2.45, 2.75) is 25.6 Å². The van der Waals surface area contributed by atoms with Gasteiger partial charge in [0.2, 0.25) is 0 Å². The molecule has 1 aromatic carbocycles. The van der Waals surface area contributed by atoms with Gasteiger partial charge in [0.25, 0.3) is 0 Å². The minimum absolute atomic E-state index is 0.0619. The van der Waals surface area contributed by atoms with Crippen LogP contribution in [-0.4, -0.2) is 40.0 Å². The topological polar surface area (TPSA) is 104 Å². The van der Waals surface area contributed by atoms with Crippen LogP contribution in [0.1, 0.15) is 35.4 Å². The smallest absolute Gasteiger partial charge is 0.336 e. The molecule has 2 atom stereocenters. The molecule has 0 bridgehead atoms. The SMILES string of the molecule is CCOC(=O)CC(O)C(O)c1ccccc1C(=O)O. The van der Waals surface area contributed by atoms with E-state index in [0.29, 0.717) is 0 Å². The highest BCUT2D eigenvalue weighted by Crippen LogP contribution is 2.23. The molecule has 0 fully saturated rings. The number of ether oxygens (including phenoxy) is 1. The molecule has 104 valence electrons. The molecule has 0 aliphatic rings. The van der Waals surface area contributed by atoms with Gasteiger partial charge in [-0.15, -0.1) is 0 Å². The predicted octanol–water partition coefficient (Wildman–Crippen LogP) is 0.732. The molecular weight excluding hydrogens is 252 g/mol. The Balaban J connectivity index is 2.85. The highest BCUT2D eigenvalue weighted by Gasteiger charge is 2.25. The number of benzene rings is 1. The molecule has 0 radical (unpaired) electrons. The first-order valence-electron chi connectivity index (χ1n) is 5.81. The number of carboxylic acids is 1. The van der Waals surface area contributed by atoms with Crippen LogP contribution < -0.4 is 0 Å². The van der Waals surface area contributed by atoms with Crippen LogP contribution in [0.25, 0.3) is 0 Å². The van der Waals surface area contributed by atoms with Crippen molar-refractivity contribution in [2.24, 2.45) is 0 Å². The zero-order valence-corrected chi connectivity index (χ0v) is 10.4. The number of carboxylic acid groups (broad SMARTS) is 1. The van der Waals surface area contributed by atoms with E-state index in [1.54, 1.807) is 13.0 Å². The van der Waals surface area contributed by atoms with E-state index in [1.807, 2.05) is 0 Å². The summed E-state index contributed by atoms with van der Waals surface area (Å²) >= 11 is 0.